The van der Waals surface area contributed by atoms with Crippen molar-refractivity contribution in [1.29, 1.82) is 0 Å². The lowest BCUT2D eigenvalue weighted by Gasteiger charge is -2.36. The highest BCUT2D eigenvalue weighted by Crippen LogP contribution is 2.47. The molecule has 2 aliphatic carbocycles. The summed E-state index contributed by atoms with van der Waals surface area (Å²) in [5.41, 5.74) is 4.68. The van der Waals surface area contributed by atoms with E-state index in [1.54, 1.807) is 0 Å². The number of ether oxygens (including phenoxy) is 1. The minimum Gasteiger partial charge on any atom is -0.453 e. The van der Waals surface area contributed by atoms with E-state index in [2.05, 4.69) is 49.3 Å². The molecule has 0 bridgehead atoms. The smallest absolute Gasteiger partial charge is 0.407 e. The van der Waals surface area contributed by atoms with Crippen LogP contribution in [-0.4, -0.2) is 46.1 Å². The summed E-state index contributed by atoms with van der Waals surface area (Å²) >= 11 is 3.61. The normalized spacial score (nSPS) is 24.3. The van der Waals surface area contributed by atoms with Gasteiger partial charge in [-0.2, -0.15) is 0 Å². The van der Waals surface area contributed by atoms with E-state index in [0.29, 0.717) is 5.92 Å². The summed E-state index contributed by atoms with van der Waals surface area (Å²) < 4.78 is 5.92. The van der Waals surface area contributed by atoms with E-state index in [-0.39, 0.29) is 23.9 Å². The fourth-order valence-corrected chi connectivity index (χ4v) is 6.74. The Morgan fingerprint density at radius 1 is 1.20 bits per heavy atom. The summed E-state index contributed by atoms with van der Waals surface area (Å²) in [4.78, 5) is 37.0. The van der Waals surface area contributed by atoms with Gasteiger partial charge in [0.25, 0.3) is 0 Å². The van der Waals surface area contributed by atoms with Crippen LogP contribution in [0.4, 0.5) is 4.79 Å². The molecule has 3 aliphatic rings. The van der Waals surface area contributed by atoms with E-state index in [9.17, 15) is 9.59 Å². The van der Waals surface area contributed by atoms with Gasteiger partial charge >= 0.3 is 6.09 Å². The number of aryl methyl sites for hydroxylation is 2. The number of hydrogen-bond donors (Lipinski definition) is 2. The van der Waals surface area contributed by atoms with Gasteiger partial charge in [-0.15, -0.1) is 0 Å². The van der Waals surface area contributed by atoms with Gasteiger partial charge in [-0.1, -0.05) is 48.7 Å². The number of rotatable bonds is 4. The number of halogens is 1. The van der Waals surface area contributed by atoms with Crippen LogP contribution in [0.1, 0.15) is 75.5 Å². The van der Waals surface area contributed by atoms with Crippen molar-refractivity contribution < 1.29 is 14.3 Å². The third-order valence-corrected chi connectivity index (χ3v) is 8.54. The highest BCUT2D eigenvalue weighted by atomic mass is 79.9. The first-order chi connectivity index (χ1) is 16.9. The van der Waals surface area contributed by atoms with Gasteiger partial charge in [-0.05, 0) is 68.1 Å². The second kappa shape index (κ2) is 9.96. The lowest BCUT2D eigenvalue weighted by molar-refractivity contribution is -0.138. The SMILES string of the molecule is COC(=O)N[C@H](C(=O)N1[C@H](c2nc3c([nH]2)CCCc2cc(Br)ccc2-3)C[C@@H]2CCCC[C@@H]21)C(C)C. The molecule has 4 atom stereocenters. The molecule has 1 aromatic carbocycles. The van der Waals surface area contributed by atoms with Gasteiger partial charge in [-0.25, -0.2) is 9.78 Å². The van der Waals surface area contributed by atoms with Crippen LogP contribution in [0.3, 0.4) is 0 Å². The molecule has 2 heterocycles. The molecule has 0 unspecified atom stereocenters. The molecular weight excluding hydrogens is 508 g/mol. The molecule has 1 saturated heterocycles. The molecule has 7 nitrogen and oxygen atoms in total. The Labute approximate surface area is 215 Å². The number of aromatic amines is 1. The number of carbonyl (C=O) groups excluding carboxylic acids is 2. The van der Waals surface area contributed by atoms with E-state index < -0.39 is 12.1 Å². The summed E-state index contributed by atoms with van der Waals surface area (Å²) in [5.74, 6) is 1.27. The largest absolute Gasteiger partial charge is 0.453 e. The van der Waals surface area contributed by atoms with Gasteiger partial charge in [-0.3, -0.25) is 4.79 Å². The standard InChI is InChI=1S/C27H35BrN4O3/c1-15(2)23(31-27(34)35-3)26(33)32-21-10-5-4-7-17(21)14-22(32)25-29-20-9-6-8-16-13-18(28)11-12-19(16)24(20)30-25/h11-13,15,17,21-23H,4-10,14H2,1-3H3,(H,29,30)(H,31,34)/t17-,21-,22-,23-/m0/s1. The maximum absolute atomic E-state index is 14.0. The molecule has 2 N–H and O–H groups in total. The molecule has 2 amide bonds. The molecule has 2 aromatic rings. The van der Waals surface area contributed by atoms with Gasteiger partial charge in [0.2, 0.25) is 5.91 Å². The van der Waals surface area contributed by atoms with Crippen LogP contribution in [0.25, 0.3) is 11.3 Å². The van der Waals surface area contributed by atoms with Crippen molar-refractivity contribution in [3.8, 4) is 11.3 Å². The van der Waals surface area contributed by atoms with Gasteiger partial charge < -0.3 is 19.9 Å². The number of carbonyl (C=O) groups is 2. The number of aromatic nitrogens is 2. The molecule has 1 aromatic heterocycles. The van der Waals surface area contributed by atoms with E-state index in [1.807, 2.05) is 13.8 Å². The molecule has 0 radical (unpaired) electrons. The van der Waals surface area contributed by atoms with Crippen LogP contribution in [-0.2, 0) is 22.4 Å². The summed E-state index contributed by atoms with van der Waals surface area (Å²) in [6.45, 7) is 3.93. The van der Waals surface area contributed by atoms with Crippen molar-refractivity contribution in [2.45, 2.75) is 83.3 Å². The van der Waals surface area contributed by atoms with E-state index in [0.717, 1.165) is 66.6 Å². The number of hydrogen-bond acceptors (Lipinski definition) is 4. The van der Waals surface area contributed by atoms with Crippen LogP contribution in [0.2, 0.25) is 0 Å². The average molecular weight is 544 g/mol. The molecule has 188 valence electrons. The number of alkyl carbamates (subject to hydrolysis) is 1. The Morgan fingerprint density at radius 3 is 2.77 bits per heavy atom. The molecule has 2 fully saturated rings. The molecule has 8 heteroatoms. The highest BCUT2D eigenvalue weighted by Gasteiger charge is 2.48. The van der Waals surface area contributed by atoms with Crippen molar-refractivity contribution in [1.82, 2.24) is 20.2 Å². The summed E-state index contributed by atoms with van der Waals surface area (Å²) in [7, 11) is 1.33. The van der Waals surface area contributed by atoms with Crippen LogP contribution in [0.5, 0.6) is 0 Å². The predicted octanol–water partition coefficient (Wildman–Crippen LogP) is 5.54. The fraction of sp³-hybridized carbons (Fsp3) is 0.593. The molecule has 1 saturated carbocycles. The molecule has 0 spiro atoms. The predicted molar refractivity (Wildman–Crippen MR) is 138 cm³/mol. The van der Waals surface area contributed by atoms with Crippen molar-refractivity contribution in [3.63, 3.8) is 0 Å². The Morgan fingerprint density at radius 2 is 2.00 bits per heavy atom. The Hall–Kier alpha value is -2.35. The van der Waals surface area contributed by atoms with Crippen molar-refractivity contribution >= 4 is 27.9 Å². The number of likely N-dealkylation sites (tertiary alicyclic amines) is 1. The van der Waals surface area contributed by atoms with Gasteiger partial charge in [0.1, 0.15) is 11.9 Å². The summed E-state index contributed by atoms with van der Waals surface area (Å²) in [6.07, 6.45) is 7.87. The minimum absolute atomic E-state index is 0.0271. The topological polar surface area (TPSA) is 87.3 Å². The summed E-state index contributed by atoms with van der Waals surface area (Å²) in [6, 6.07) is 5.88. The number of benzene rings is 1. The number of nitrogens with zero attached hydrogens (tertiary/aromatic N) is 2. The zero-order valence-corrected chi connectivity index (χ0v) is 22.4. The fourth-order valence-electron chi connectivity index (χ4n) is 6.33. The Balaban J connectivity index is 1.52. The molecule has 5 rings (SSSR count). The van der Waals surface area contributed by atoms with Crippen LogP contribution in [0.15, 0.2) is 22.7 Å². The number of H-pyrrole nitrogens is 1. The van der Waals surface area contributed by atoms with Crippen LogP contribution in [0, 0.1) is 11.8 Å². The Bertz CT molecular complexity index is 1110. The lowest BCUT2D eigenvalue weighted by Crippen LogP contribution is -2.53. The van der Waals surface area contributed by atoms with Crippen molar-refractivity contribution in [2.75, 3.05) is 7.11 Å². The maximum Gasteiger partial charge on any atom is 0.407 e. The molecule has 35 heavy (non-hydrogen) atoms. The van der Waals surface area contributed by atoms with Crippen molar-refractivity contribution in [3.05, 3.63) is 39.8 Å². The van der Waals surface area contributed by atoms with Crippen molar-refractivity contribution in [2.24, 2.45) is 11.8 Å². The van der Waals surface area contributed by atoms with E-state index in [1.165, 1.54) is 24.7 Å². The number of fused-ring (bicyclic) bond motifs is 4. The quantitative estimate of drug-likeness (QED) is 0.530. The van der Waals surface area contributed by atoms with Gasteiger partial charge in [0.05, 0.1) is 18.8 Å². The maximum atomic E-state index is 14.0. The van der Waals surface area contributed by atoms with Gasteiger partial charge in [0.15, 0.2) is 0 Å². The van der Waals surface area contributed by atoms with Crippen LogP contribution >= 0.6 is 15.9 Å². The highest BCUT2D eigenvalue weighted by molar-refractivity contribution is 9.10. The molecular formula is C27H35BrN4O3. The van der Waals surface area contributed by atoms with E-state index in [4.69, 9.17) is 9.72 Å². The average Bonchev–Trinajstić information content (AvgIpc) is 3.39. The van der Waals surface area contributed by atoms with Crippen LogP contribution < -0.4 is 5.32 Å². The first kappa shape index (κ1) is 24.3. The Kier molecular flexibility index (Phi) is 6.93. The second-order valence-electron chi connectivity index (χ2n) is 10.6. The first-order valence-corrected chi connectivity index (χ1v) is 13.7. The monoisotopic (exact) mass is 542 g/mol. The number of imidazole rings is 1. The zero-order valence-electron chi connectivity index (χ0n) is 20.8. The number of amides is 2. The minimum atomic E-state index is -0.628. The third-order valence-electron chi connectivity index (χ3n) is 8.04. The number of methoxy groups -OCH3 is 1. The molecule has 1 aliphatic heterocycles. The second-order valence-corrected chi connectivity index (χ2v) is 11.5. The zero-order chi connectivity index (χ0) is 24.7. The summed E-state index contributed by atoms with van der Waals surface area (Å²) in [5, 5.41) is 2.80. The number of nitrogens with one attached hydrogen (secondary N) is 2. The lowest BCUT2D eigenvalue weighted by atomic mass is 9.84. The first-order valence-electron chi connectivity index (χ1n) is 12.9. The van der Waals surface area contributed by atoms with E-state index >= 15 is 0 Å². The van der Waals surface area contributed by atoms with Gasteiger partial charge in [0, 0.05) is 21.8 Å². The third kappa shape index (κ3) is 4.61.